The predicted octanol–water partition coefficient (Wildman–Crippen LogP) is 5.80. The van der Waals surface area contributed by atoms with Crippen molar-refractivity contribution in [2.45, 2.75) is 25.0 Å². The second-order valence-electron chi connectivity index (χ2n) is 8.97. The van der Waals surface area contributed by atoms with Gasteiger partial charge in [0, 0.05) is 35.6 Å². The van der Waals surface area contributed by atoms with Crippen molar-refractivity contribution in [3.05, 3.63) is 86.3 Å². The first-order chi connectivity index (χ1) is 17.7. The number of amides is 2. The Kier molecular flexibility index (Phi) is 7.16. The summed E-state index contributed by atoms with van der Waals surface area (Å²) in [4.78, 5) is 39.8. The monoisotopic (exact) mass is 602 g/mol. The van der Waals surface area contributed by atoms with Crippen LogP contribution in [0.2, 0.25) is 10.0 Å². The number of fused-ring (bicyclic) bond motifs is 1. The summed E-state index contributed by atoms with van der Waals surface area (Å²) in [6, 6.07) is 17.3. The van der Waals surface area contributed by atoms with Gasteiger partial charge in [0.2, 0.25) is 0 Å². The molecule has 1 unspecified atom stereocenters. The molecule has 3 aromatic carbocycles. The lowest BCUT2D eigenvalue weighted by Gasteiger charge is -2.34. The van der Waals surface area contributed by atoms with Gasteiger partial charge in [-0.25, -0.2) is 0 Å². The van der Waals surface area contributed by atoms with Crippen molar-refractivity contribution in [2.75, 3.05) is 13.1 Å². The van der Waals surface area contributed by atoms with Crippen molar-refractivity contribution in [2.24, 2.45) is 0 Å². The molecule has 1 N–H and O–H groups in total. The van der Waals surface area contributed by atoms with Gasteiger partial charge in [-0.3, -0.25) is 14.4 Å². The van der Waals surface area contributed by atoms with Gasteiger partial charge in [0.15, 0.2) is 5.78 Å². The molecule has 37 heavy (non-hydrogen) atoms. The van der Waals surface area contributed by atoms with Gasteiger partial charge in [-0.1, -0.05) is 57.3 Å². The molecule has 2 amide bonds. The first-order valence-corrected chi connectivity index (χ1v) is 13.1. The van der Waals surface area contributed by atoms with E-state index in [0.717, 1.165) is 4.47 Å². The number of Topliss-reactive ketones (excluding diaryl/α,β-unsaturated/α-hetero) is 1. The zero-order valence-corrected chi connectivity index (χ0v) is 22.5. The largest absolute Gasteiger partial charge is 0.484 e. The number of hydrogen-bond donors (Lipinski definition) is 1. The predicted molar refractivity (Wildman–Crippen MR) is 142 cm³/mol. The zero-order chi connectivity index (χ0) is 26.2. The molecule has 2 aliphatic heterocycles. The maximum atomic E-state index is 12.9. The Morgan fingerprint density at radius 1 is 1.08 bits per heavy atom. The van der Waals surface area contributed by atoms with Crippen LogP contribution in [0.3, 0.4) is 0 Å². The van der Waals surface area contributed by atoms with Gasteiger partial charge in [-0.05, 0) is 36.4 Å². The highest BCUT2D eigenvalue weighted by atomic mass is 79.9. The van der Waals surface area contributed by atoms with E-state index in [1.165, 1.54) is 4.90 Å². The molecular formula is C27H21BrCl2N2O5. The summed E-state index contributed by atoms with van der Waals surface area (Å²) in [6.45, 7) is 0.560. The molecule has 10 heteroatoms. The number of nitrogens with one attached hydrogen (secondary N) is 1. The SMILES string of the molecule is O=C(NCc1ccc(Br)cc1Oc1ccc(Cl)c(Cl)c1)C(=O)N1CCC2(CC(=O)c3ccccc3O2)C1. The number of rotatable bonds is 4. The molecule has 3 aromatic rings. The van der Waals surface area contributed by atoms with Gasteiger partial charge in [0.05, 0.1) is 28.6 Å². The Morgan fingerprint density at radius 2 is 1.89 bits per heavy atom. The molecule has 1 spiro atoms. The Bertz CT molecular complexity index is 1420. The molecule has 1 saturated heterocycles. The van der Waals surface area contributed by atoms with E-state index >= 15 is 0 Å². The molecule has 0 aromatic heterocycles. The normalized spacial score (nSPS) is 18.4. The van der Waals surface area contributed by atoms with Gasteiger partial charge in [0.1, 0.15) is 22.8 Å². The minimum absolute atomic E-state index is 0.0228. The van der Waals surface area contributed by atoms with Crippen molar-refractivity contribution in [3.8, 4) is 17.2 Å². The van der Waals surface area contributed by atoms with Crippen molar-refractivity contribution >= 4 is 56.7 Å². The maximum Gasteiger partial charge on any atom is 0.312 e. The third-order valence-corrected chi connectivity index (χ3v) is 7.61. The van der Waals surface area contributed by atoms with Crippen molar-refractivity contribution < 1.29 is 23.9 Å². The summed E-state index contributed by atoms with van der Waals surface area (Å²) < 4.78 is 12.9. The van der Waals surface area contributed by atoms with Gasteiger partial charge in [-0.15, -0.1) is 0 Å². The molecule has 2 heterocycles. The second kappa shape index (κ2) is 10.4. The van der Waals surface area contributed by atoms with Crippen molar-refractivity contribution in [3.63, 3.8) is 0 Å². The van der Waals surface area contributed by atoms with Crippen molar-refractivity contribution in [1.82, 2.24) is 10.2 Å². The molecule has 0 bridgehead atoms. The topological polar surface area (TPSA) is 84.9 Å². The van der Waals surface area contributed by atoms with E-state index in [2.05, 4.69) is 21.2 Å². The number of hydrogen-bond acceptors (Lipinski definition) is 5. The highest BCUT2D eigenvalue weighted by Gasteiger charge is 2.47. The average Bonchev–Trinajstić information content (AvgIpc) is 3.27. The van der Waals surface area contributed by atoms with Gasteiger partial charge in [-0.2, -0.15) is 0 Å². The van der Waals surface area contributed by atoms with Crippen LogP contribution in [0, 0.1) is 0 Å². The number of nitrogens with zero attached hydrogens (tertiary/aromatic N) is 1. The highest BCUT2D eigenvalue weighted by Crippen LogP contribution is 2.38. The molecular weight excluding hydrogens is 583 g/mol. The minimum atomic E-state index is -0.812. The van der Waals surface area contributed by atoms with Gasteiger partial charge >= 0.3 is 11.8 Å². The number of ketones is 1. The Hall–Kier alpha value is -3.07. The summed E-state index contributed by atoms with van der Waals surface area (Å²) in [5, 5.41) is 3.44. The number of benzene rings is 3. The first-order valence-electron chi connectivity index (χ1n) is 11.5. The summed E-state index contributed by atoms with van der Waals surface area (Å²) in [6.07, 6.45) is 0.643. The van der Waals surface area contributed by atoms with Crippen LogP contribution >= 0.6 is 39.1 Å². The van der Waals surface area contributed by atoms with Crippen LogP contribution in [-0.2, 0) is 16.1 Å². The van der Waals surface area contributed by atoms with E-state index in [-0.39, 0.29) is 25.3 Å². The molecule has 0 radical (unpaired) electrons. The Morgan fingerprint density at radius 3 is 2.70 bits per heavy atom. The third kappa shape index (κ3) is 5.46. The third-order valence-electron chi connectivity index (χ3n) is 6.38. The van der Waals surface area contributed by atoms with Crippen LogP contribution in [0.4, 0.5) is 0 Å². The number of carbonyl (C=O) groups is 3. The molecule has 1 fully saturated rings. The zero-order valence-electron chi connectivity index (χ0n) is 19.4. The van der Waals surface area contributed by atoms with Crippen LogP contribution in [0.15, 0.2) is 65.1 Å². The molecule has 0 aliphatic carbocycles. The smallest absolute Gasteiger partial charge is 0.312 e. The maximum absolute atomic E-state index is 12.9. The summed E-state index contributed by atoms with van der Waals surface area (Å²) in [5.74, 6) is 0.0296. The first kappa shape index (κ1) is 25.6. The Balaban J connectivity index is 1.23. The van der Waals surface area contributed by atoms with Crippen LogP contribution < -0.4 is 14.8 Å². The van der Waals surface area contributed by atoms with E-state index in [4.69, 9.17) is 32.7 Å². The molecule has 2 aliphatic rings. The summed E-state index contributed by atoms with van der Waals surface area (Å²) in [5.41, 5.74) is 0.392. The summed E-state index contributed by atoms with van der Waals surface area (Å²) >= 11 is 15.5. The van der Waals surface area contributed by atoms with E-state index in [1.54, 1.807) is 54.6 Å². The lowest BCUT2D eigenvalue weighted by Crippen LogP contribution is -2.47. The molecule has 0 saturated carbocycles. The van der Waals surface area contributed by atoms with Crippen LogP contribution in [-0.4, -0.2) is 41.2 Å². The average molecular weight is 604 g/mol. The van der Waals surface area contributed by atoms with E-state index in [1.807, 2.05) is 6.07 Å². The Labute approximate surface area is 231 Å². The van der Waals surface area contributed by atoms with Crippen LogP contribution in [0.5, 0.6) is 17.2 Å². The number of halogens is 3. The van der Waals surface area contributed by atoms with Crippen LogP contribution in [0.1, 0.15) is 28.8 Å². The quantitative estimate of drug-likeness (QED) is 0.381. The fourth-order valence-corrected chi connectivity index (χ4v) is 5.15. The van der Waals surface area contributed by atoms with E-state index in [0.29, 0.717) is 51.4 Å². The van der Waals surface area contributed by atoms with Gasteiger partial charge < -0.3 is 19.7 Å². The molecule has 7 nitrogen and oxygen atoms in total. The highest BCUT2D eigenvalue weighted by molar-refractivity contribution is 9.10. The minimum Gasteiger partial charge on any atom is -0.484 e. The van der Waals surface area contributed by atoms with E-state index in [9.17, 15) is 14.4 Å². The number of ether oxygens (including phenoxy) is 2. The second-order valence-corrected chi connectivity index (χ2v) is 10.7. The van der Waals surface area contributed by atoms with Crippen LogP contribution in [0.25, 0.3) is 0 Å². The number of para-hydroxylation sites is 1. The van der Waals surface area contributed by atoms with Crippen molar-refractivity contribution in [1.29, 1.82) is 0 Å². The van der Waals surface area contributed by atoms with Gasteiger partial charge in [0.25, 0.3) is 0 Å². The fourth-order valence-electron chi connectivity index (χ4n) is 4.52. The van der Waals surface area contributed by atoms with E-state index < -0.39 is 17.4 Å². The standard InChI is InChI=1S/C27H21BrCl2N2O5/c28-17-6-5-16(24(11-17)36-18-7-8-20(29)21(30)12-18)14-31-25(34)26(35)32-10-9-27(15-32)13-22(33)19-3-1-2-4-23(19)37-27/h1-8,11-12H,9-10,13-15H2,(H,31,34). The number of carbonyl (C=O) groups excluding carboxylic acids is 3. The lowest BCUT2D eigenvalue weighted by atomic mass is 9.89. The summed E-state index contributed by atoms with van der Waals surface area (Å²) in [7, 11) is 0. The molecule has 190 valence electrons. The number of likely N-dealkylation sites (tertiary alicyclic amines) is 1. The molecule has 1 atom stereocenters. The molecule has 5 rings (SSSR count). The lowest BCUT2D eigenvalue weighted by molar-refractivity contribution is -0.145. The fraction of sp³-hybridized carbons (Fsp3) is 0.222.